The predicted molar refractivity (Wildman–Crippen MR) is 85.6 cm³/mol. The van der Waals surface area contributed by atoms with Crippen molar-refractivity contribution in [1.29, 1.82) is 0 Å². The normalized spacial score (nSPS) is 11.2. The Kier molecular flexibility index (Phi) is 3.71. The zero-order valence-electron chi connectivity index (χ0n) is 12.5. The third-order valence-corrected chi connectivity index (χ3v) is 3.19. The van der Waals surface area contributed by atoms with Gasteiger partial charge in [0.1, 0.15) is 5.76 Å². The zero-order valence-corrected chi connectivity index (χ0v) is 12.5. The average Bonchev–Trinajstić information content (AvgIpc) is 2.89. The second kappa shape index (κ2) is 5.84. The molecule has 0 saturated heterocycles. The Bertz CT molecular complexity index is 899. The monoisotopic (exact) mass is 311 g/mol. The van der Waals surface area contributed by atoms with E-state index < -0.39 is 4.92 Å². The predicted octanol–water partition coefficient (Wildman–Crippen LogP) is 3.19. The van der Waals surface area contributed by atoms with Crippen LogP contribution >= 0.6 is 0 Å². The number of hydrazone groups is 1. The smallest absolute Gasteiger partial charge is 0.269 e. The van der Waals surface area contributed by atoms with E-state index in [0.29, 0.717) is 11.7 Å². The number of non-ortho nitro benzene ring substituents is 1. The average molecular weight is 311 g/mol. The van der Waals surface area contributed by atoms with Crippen molar-refractivity contribution in [3.8, 4) is 0 Å². The summed E-state index contributed by atoms with van der Waals surface area (Å²) < 4.78 is 5.48. The lowest BCUT2D eigenvalue weighted by Crippen LogP contribution is -1.98. The molecule has 0 unspecified atom stereocenters. The Labute approximate surface area is 131 Å². The molecule has 0 amide bonds. The standard InChI is InChI=1S/C15H13N5O3/c1-9-7-13-10(2)17-15(18-14(13)23-9)19-16-8-11-3-5-12(6-4-11)20(21)22/h3-8H,1-2H3,(H,17,18,19)/b16-8-. The van der Waals surface area contributed by atoms with Crippen LogP contribution < -0.4 is 5.43 Å². The van der Waals surface area contributed by atoms with Gasteiger partial charge >= 0.3 is 0 Å². The Morgan fingerprint density at radius 3 is 2.70 bits per heavy atom. The van der Waals surface area contributed by atoms with Gasteiger partial charge in [0.25, 0.3) is 5.69 Å². The fraction of sp³-hybridized carbons (Fsp3) is 0.133. The summed E-state index contributed by atoms with van der Waals surface area (Å²) in [4.78, 5) is 18.7. The fourth-order valence-electron chi connectivity index (χ4n) is 2.08. The van der Waals surface area contributed by atoms with Crippen molar-refractivity contribution in [3.63, 3.8) is 0 Å². The van der Waals surface area contributed by atoms with Gasteiger partial charge in [-0.15, -0.1) is 0 Å². The van der Waals surface area contributed by atoms with E-state index in [4.69, 9.17) is 4.42 Å². The molecule has 8 heteroatoms. The number of hydrogen-bond acceptors (Lipinski definition) is 7. The molecule has 0 bridgehead atoms. The lowest BCUT2D eigenvalue weighted by molar-refractivity contribution is -0.384. The van der Waals surface area contributed by atoms with Crippen LogP contribution in [0.1, 0.15) is 17.0 Å². The third-order valence-electron chi connectivity index (χ3n) is 3.19. The summed E-state index contributed by atoms with van der Waals surface area (Å²) >= 11 is 0. The van der Waals surface area contributed by atoms with Crippen LogP contribution in [0.3, 0.4) is 0 Å². The molecular formula is C15H13N5O3. The number of aromatic nitrogens is 2. The summed E-state index contributed by atoms with van der Waals surface area (Å²) in [7, 11) is 0. The van der Waals surface area contributed by atoms with Crippen molar-refractivity contribution < 1.29 is 9.34 Å². The Balaban J connectivity index is 1.75. The maximum absolute atomic E-state index is 10.6. The Hall–Kier alpha value is -3.29. The molecule has 0 aliphatic heterocycles. The van der Waals surface area contributed by atoms with Crippen LogP contribution in [0.5, 0.6) is 0 Å². The summed E-state index contributed by atoms with van der Waals surface area (Å²) in [5.74, 6) is 1.09. The second-order valence-corrected chi connectivity index (χ2v) is 4.93. The first-order valence-corrected chi connectivity index (χ1v) is 6.81. The summed E-state index contributed by atoms with van der Waals surface area (Å²) in [6.45, 7) is 3.71. The maximum Gasteiger partial charge on any atom is 0.269 e. The van der Waals surface area contributed by atoms with Crippen LogP contribution in [0.4, 0.5) is 11.6 Å². The number of nitro benzene ring substituents is 1. The number of benzene rings is 1. The highest BCUT2D eigenvalue weighted by molar-refractivity contribution is 5.81. The van der Waals surface area contributed by atoms with E-state index in [1.807, 2.05) is 19.9 Å². The zero-order chi connectivity index (χ0) is 16.4. The number of fused-ring (bicyclic) bond motifs is 1. The number of furan rings is 1. The van der Waals surface area contributed by atoms with Crippen LogP contribution in [0.15, 0.2) is 39.9 Å². The number of hydrogen-bond donors (Lipinski definition) is 1. The van der Waals surface area contributed by atoms with Crippen molar-refractivity contribution in [2.75, 3.05) is 5.43 Å². The largest absolute Gasteiger partial charge is 0.443 e. The number of nitrogens with one attached hydrogen (secondary N) is 1. The van der Waals surface area contributed by atoms with Crippen LogP contribution in [0.2, 0.25) is 0 Å². The quantitative estimate of drug-likeness (QED) is 0.450. The van der Waals surface area contributed by atoms with Crippen molar-refractivity contribution in [2.45, 2.75) is 13.8 Å². The maximum atomic E-state index is 10.6. The molecule has 3 aromatic rings. The van der Waals surface area contributed by atoms with Gasteiger partial charge in [-0.05, 0) is 37.6 Å². The third kappa shape index (κ3) is 3.15. The SMILES string of the molecule is Cc1cc2c(C)nc(N/N=C\c3ccc([N+](=O)[O-])cc3)nc2o1. The van der Waals surface area contributed by atoms with Crippen molar-refractivity contribution >= 4 is 29.0 Å². The van der Waals surface area contributed by atoms with Gasteiger partial charge < -0.3 is 4.42 Å². The van der Waals surface area contributed by atoms with E-state index in [2.05, 4.69) is 20.5 Å². The number of nitrogens with zero attached hydrogens (tertiary/aromatic N) is 4. The number of nitro groups is 1. The van der Waals surface area contributed by atoms with Gasteiger partial charge in [-0.25, -0.2) is 10.4 Å². The van der Waals surface area contributed by atoms with E-state index in [0.717, 1.165) is 22.4 Å². The molecule has 1 N–H and O–H groups in total. The van der Waals surface area contributed by atoms with Crippen LogP contribution in [0, 0.1) is 24.0 Å². The van der Waals surface area contributed by atoms with Gasteiger partial charge in [0.15, 0.2) is 0 Å². The van der Waals surface area contributed by atoms with E-state index in [9.17, 15) is 10.1 Å². The summed E-state index contributed by atoms with van der Waals surface area (Å²) in [6, 6.07) is 7.93. The van der Waals surface area contributed by atoms with Crippen LogP contribution in [-0.2, 0) is 0 Å². The molecule has 23 heavy (non-hydrogen) atoms. The molecule has 0 radical (unpaired) electrons. The molecule has 0 fully saturated rings. The van der Waals surface area contributed by atoms with Gasteiger partial charge in [-0.3, -0.25) is 10.1 Å². The molecule has 3 rings (SSSR count). The van der Waals surface area contributed by atoms with Crippen molar-refractivity contribution in [1.82, 2.24) is 9.97 Å². The first-order chi connectivity index (χ1) is 11.0. The van der Waals surface area contributed by atoms with Crippen molar-refractivity contribution in [3.05, 3.63) is 57.5 Å². The Morgan fingerprint density at radius 2 is 2.00 bits per heavy atom. The Morgan fingerprint density at radius 1 is 1.26 bits per heavy atom. The highest BCUT2D eigenvalue weighted by Gasteiger charge is 2.08. The van der Waals surface area contributed by atoms with Crippen LogP contribution in [0.25, 0.3) is 11.1 Å². The number of aryl methyl sites for hydroxylation is 2. The van der Waals surface area contributed by atoms with Gasteiger partial charge in [0.2, 0.25) is 11.7 Å². The molecule has 0 spiro atoms. The van der Waals surface area contributed by atoms with Gasteiger partial charge in [0.05, 0.1) is 22.2 Å². The summed E-state index contributed by atoms with van der Waals surface area (Å²) in [5.41, 5.74) is 4.77. The number of rotatable bonds is 4. The van der Waals surface area contributed by atoms with Gasteiger partial charge in [-0.2, -0.15) is 10.1 Å². The fourth-order valence-corrected chi connectivity index (χ4v) is 2.08. The topological polar surface area (TPSA) is 106 Å². The van der Waals surface area contributed by atoms with Crippen molar-refractivity contribution in [2.24, 2.45) is 5.10 Å². The highest BCUT2D eigenvalue weighted by atomic mass is 16.6. The minimum absolute atomic E-state index is 0.0349. The molecule has 1 aromatic carbocycles. The minimum atomic E-state index is -0.448. The molecule has 2 heterocycles. The van der Waals surface area contributed by atoms with E-state index >= 15 is 0 Å². The van der Waals surface area contributed by atoms with E-state index in [-0.39, 0.29) is 5.69 Å². The molecule has 0 atom stereocenters. The molecule has 0 aliphatic rings. The number of anilines is 1. The molecule has 116 valence electrons. The summed E-state index contributed by atoms with van der Waals surface area (Å²) in [6.07, 6.45) is 1.53. The van der Waals surface area contributed by atoms with E-state index in [1.165, 1.54) is 18.3 Å². The lowest BCUT2D eigenvalue weighted by atomic mass is 10.2. The first-order valence-electron chi connectivity index (χ1n) is 6.81. The molecule has 0 aliphatic carbocycles. The highest BCUT2D eigenvalue weighted by Crippen LogP contribution is 2.20. The molecular weight excluding hydrogens is 298 g/mol. The van der Waals surface area contributed by atoms with Gasteiger partial charge in [0, 0.05) is 12.1 Å². The van der Waals surface area contributed by atoms with Crippen LogP contribution in [-0.4, -0.2) is 21.1 Å². The second-order valence-electron chi connectivity index (χ2n) is 4.93. The molecule has 0 saturated carbocycles. The van der Waals surface area contributed by atoms with E-state index in [1.54, 1.807) is 12.1 Å². The minimum Gasteiger partial charge on any atom is -0.443 e. The molecule has 2 aromatic heterocycles. The summed E-state index contributed by atoms with van der Waals surface area (Å²) in [5, 5.41) is 15.5. The first kappa shape index (κ1) is 14.6. The van der Waals surface area contributed by atoms with Gasteiger partial charge in [-0.1, -0.05) is 0 Å². The lowest BCUT2D eigenvalue weighted by Gasteiger charge is -2.00. The molecule has 8 nitrogen and oxygen atoms in total.